The number of carbonyl (C=O) groups excluding carboxylic acids is 2. The van der Waals surface area contributed by atoms with Gasteiger partial charge in [0.05, 0.1) is 23.1 Å². The van der Waals surface area contributed by atoms with Crippen molar-refractivity contribution in [1.82, 2.24) is 9.38 Å². The summed E-state index contributed by atoms with van der Waals surface area (Å²) in [6.45, 7) is 0. The lowest BCUT2D eigenvalue weighted by Crippen LogP contribution is -2.13. The van der Waals surface area contributed by atoms with Crippen LogP contribution in [0.3, 0.4) is 0 Å². The number of alkyl halides is 3. The molecule has 2 aromatic heterocycles. The normalized spacial score (nSPS) is 11.3. The Labute approximate surface area is 209 Å². The van der Waals surface area contributed by atoms with Crippen molar-refractivity contribution in [3.8, 4) is 11.3 Å². The molecule has 0 radical (unpaired) electrons. The fourth-order valence-corrected chi connectivity index (χ4v) is 3.88. The molecule has 0 aliphatic carbocycles. The van der Waals surface area contributed by atoms with Crippen LogP contribution < -0.4 is 10.6 Å². The number of imidazole rings is 1. The van der Waals surface area contributed by atoms with Gasteiger partial charge in [0.1, 0.15) is 0 Å². The second-order valence-corrected chi connectivity index (χ2v) is 8.19. The highest BCUT2D eigenvalue weighted by Crippen LogP contribution is 2.30. The fraction of sp³-hybridized carbons (Fsp3) is 0.0357. The third-order valence-electron chi connectivity index (χ3n) is 5.71. The monoisotopic (exact) mass is 500 g/mol. The number of hydrogen-bond donors (Lipinski definition) is 2. The lowest BCUT2D eigenvalue weighted by atomic mass is 10.1. The second-order valence-electron chi connectivity index (χ2n) is 8.19. The largest absolute Gasteiger partial charge is 0.416 e. The van der Waals surface area contributed by atoms with Crippen molar-refractivity contribution in [3.63, 3.8) is 0 Å². The van der Waals surface area contributed by atoms with Crippen molar-refractivity contribution in [2.45, 2.75) is 6.18 Å². The van der Waals surface area contributed by atoms with Gasteiger partial charge in [0, 0.05) is 28.6 Å². The van der Waals surface area contributed by atoms with E-state index in [1.54, 1.807) is 60.8 Å². The molecule has 0 unspecified atom stereocenters. The van der Waals surface area contributed by atoms with Crippen LogP contribution in [0.4, 0.5) is 24.5 Å². The number of hydrogen-bond acceptors (Lipinski definition) is 3. The Morgan fingerprint density at radius 2 is 1.46 bits per heavy atom. The first-order valence-electron chi connectivity index (χ1n) is 11.2. The Bertz CT molecular complexity index is 1590. The number of aromatic nitrogens is 2. The molecular weight excluding hydrogens is 481 g/mol. The molecule has 0 saturated heterocycles. The van der Waals surface area contributed by atoms with Gasteiger partial charge in [-0.3, -0.25) is 14.0 Å². The molecule has 2 N–H and O–H groups in total. The van der Waals surface area contributed by atoms with Crippen LogP contribution in [0, 0.1) is 0 Å². The molecule has 3 aromatic carbocycles. The van der Waals surface area contributed by atoms with Crippen molar-refractivity contribution in [1.29, 1.82) is 0 Å². The summed E-state index contributed by atoms with van der Waals surface area (Å²) in [5, 5.41) is 5.60. The lowest BCUT2D eigenvalue weighted by molar-refractivity contribution is -0.137. The Hall–Kier alpha value is -4.92. The third kappa shape index (κ3) is 5.06. The fourth-order valence-electron chi connectivity index (χ4n) is 3.88. The first-order chi connectivity index (χ1) is 17.8. The number of halogens is 3. The average Bonchev–Trinajstić information content (AvgIpc) is 3.34. The van der Waals surface area contributed by atoms with Crippen LogP contribution >= 0.6 is 0 Å². The Balaban J connectivity index is 1.38. The van der Waals surface area contributed by atoms with E-state index in [2.05, 4.69) is 15.6 Å². The maximum absolute atomic E-state index is 12.8. The number of benzene rings is 3. The Morgan fingerprint density at radius 3 is 2.19 bits per heavy atom. The maximum atomic E-state index is 12.8. The molecule has 0 bridgehead atoms. The first-order valence-corrected chi connectivity index (χ1v) is 11.2. The van der Waals surface area contributed by atoms with Gasteiger partial charge in [0.15, 0.2) is 5.65 Å². The molecule has 6 nitrogen and oxygen atoms in total. The van der Waals surface area contributed by atoms with E-state index >= 15 is 0 Å². The predicted molar refractivity (Wildman–Crippen MR) is 134 cm³/mol. The van der Waals surface area contributed by atoms with E-state index in [1.165, 1.54) is 0 Å². The lowest BCUT2D eigenvalue weighted by Gasteiger charge is -2.10. The smallest absolute Gasteiger partial charge is 0.322 e. The zero-order valence-electron chi connectivity index (χ0n) is 19.2. The van der Waals surface area contributed by atoms with E-state index in [0.717, 1.165) is 35.5 Å². The number of fused-ring (bicyclic) bond motifs is 1. The maximum Gasteiger partial charge on any atom is 0.416 e. The number of carbonyl (C=O) groups is 2. The summed E-state index contributed by atoms with van der Waals surface area (Å²) in [4.78, 5) is 29.7. The first kappa shape index (κ1) is 23.8. The second kappa shape index (κ2) is 9.62. The molecule has 0 spiro atoms. The summed E-state index contributed by atoms with van der Waals surface area (Å²) < 4.78 is 40.2. The Kier molecular flexibility index (Phi) is 6.19. The highest BCUT2D eigenvalue weighted by atomic mass is 19.4. The molecule has 2 amide bonds. The topological polar surface area (TPSA) is 75.5 Å². The third-order valence-corrected chi connectivity index (χ3v) is 5.71. The summed E-state index contributed by atoms with van der Waals surface area (Å²) in [7, 11) is 0. The van der Waals surface area contributed by atoms with Gasteiger partial charge >= 0.3 is 6.18 Å². The van der Waals surface area contributed by atoms with Crippen LogP contribution in [0.25, 0.3) is 16.9 Å². The Morgan fingerprint density at radius 1 is 0.757 bits per heavy atom. The highest BCUT2D eigenvalue weighted by Gasteiger charge is 2.30. The van der Waals surface area contributed by atoms with Gasteiger partial charge in [0.25, 0.3) is 11.8 Å². The quantitative estimate of drug-likeness (QED) is 0.288. The molecule has 0 aliphatic rings. The summed E-state index contributed by atoms with van der Waals surface area (Å²) in [5.74, 6) is -0.791. The van der Waals surface area contributed by atoms with Gasteiger partial charge < -0.3 is 10.6 Å². The van der Waals surface area contributed by atoms with E-state index in [4.69, 9.17) is 0 Å². The van der Waals surface area contributed by atoms with Crippen molar-refractivity contribution < 1.29 is 22.8 Å². The minimum absolute atomic E-state index is 0.104. The van der Waals surface area contributed by atoms with Gasteiger partial charge in [-0.05, 0) is 60.7 Å². The number of rotatable bonds is 5. The highest BCUT2D eigenvalue weighted by molar-refractivity contribution is 6.06. The minimum atomic E-state index is -4.47. The van der Waals surface area contributed by atoms with Crippen molar-refractivity contribution >= 4 is 28.8 Å². The molecule has 5 rings (SSSR count). The molecule has 37 heavy (non-hydrogen) atoms. The summed E-state index contributed by atoms with van der Waals surface area (Å²) in [5.41, 5.74) is 2.81. The predicted octanol–water partition coefficient (Wildman–Crippen LogP) is 6.52. The number of nitrogens with one attached hydrogen (secondary N) is 2. The van der Waals surface area contributed by atoms with Crippen LogP contribution in [0.15, 0.2) is 103 Å². The van der Waals surface area contributed by atoms with E-state index in [-0.39, 0.29) is 11.5 Å². The number of pyridine rings is 1. The molecule has 9 heteroatoms. The minimum Gasteiger partial charge on any atom is -0.322 e. The summed E-state index contributed by atoms with van der Waals surface area (Å²) >= 11 is 0. The van der Waals surface area contributed by atoms with E-state index in [0.29, 0.717) is 22.6 Å². The van der Waals surface area contributed by atoms with Crippen LogP contribution in [0.5, 0.6) is 0 Å². The number of amides is 2. The average molecular weight is 500 g/mol. The van der Waals surface area contributed by atoms with Gasteiger partial charge in [0.2, 0.25) is 0 Å². The SMILES string of the molecule is O=C(Nc1cccc(-c2cnc3c(NC(=O)c4ccccc4)cccn23)c1)c1ccc(C(F)(F)F)cc1. The molecule has 0 aliphatic heterocycles. The van der Waals surface area contributed by atoms with Crippen LogP contribution in [0.1, 0.15) is 26.3 Å². The van der Waals surface area contributed by atoms with Gasteiger partial charge in [-0.15, -0.1) is 0 Å². The van der Waals surface area contributed by atoms with E-state index < -0.39 is 17.6 Å². The van der Waals surface area contributed by atoms with Gasteiger partial charge in [-0.2, -0.15) is 13.2 Å². The molecule has 0 fully saturated rings. The van der Waals surface area contributed by atoms with Crippen molar-refractivity contribution in [2.24, 2.45) is 0 Å². The molecule has 2 heterocycles. The molecule has 0 saturated carbocycles. The number of anilines is 2. The summed E-state index contributed by atoms with van der Waals surface area (Å²) in [6.07, 6.45) is -1.00. The zero-order valence-corrected chi connectivity index (χ0v) is 19.2. The summed E-state index contributed by atoms with van der Waals surface area (Å²) in [6, 6.07) is 23.4. The van der Waals surface area contributed by atoms with Crippen LogP contribution in [-0.4, -0.2) is 21.2 Å². The van der Waals surface area contributed by atoms with Crippen molar-refractivity contribution in [2.75, 3.05) is 10.6 Å². The van der Waals surface area contributed by atoms with Gasteiger partial charge in [-0.25, -0.2) is 4.98 Å². The molecular formula is C28H19F3N4O2. The molecule has 0 atom stereocenters. The van der Waals surface area contributed by atoms with Crippen LogP contribution in [0.2, 0.25) is 0 Å². The number of nitrogens with zero attached hydrogens (tertiary/aromatic N) is 2. The van der Waals surface area contributed by atoms with Gasteiger partial charge in [-0.1, -0.05) is 30.3 Å². The van der Waals surface area contributed by atoms with Crippen LogP contribution in [-0.2, 0) is 6.18 Å². The van der Waals surface area contributed by atoms with Crippen molar-refractivity contribution in [3.05, 3.63) is 120 Å². The molecule has 5 aromatic rings. The zero-order chi connectivity index (χ0) is 26.0. The van der Waals surface area contributed by atoms with E-state index in [1.807, 2.05) is 22.7 Å². The van der Waals surface area contributed by atoms with E-state index in [9.17, 15) is 22.8 Å². The molecule has 184 valence electrons. The standard InChI is InChI=1S/C28H19F3N4O2/c29-28(30,31)21-13-11-19(12-14-21)26(36)33-22-9-4-8-20(16-22)24-17-32-25-23(10-5-15-35(24)25)34-27(37)18-6-2-1-3-7-18/h1-17H,(H,33,36)(H,34,37).